The van der Waals surface area contributed by atoms with Crippen molar-refractivity contribution < 1.29 is 18.0 Å². The summed E-state index contributed by atoms with van der Waals surface area (Å²) in [7, 11) is 0. The van der Waals surface area contributed by atoms with Crippen LogP contribution in [0, 0.1) is 0 Å². The maximum atomic E-state index is 13.1. The molecule has 1 aromatic heterocycles. The molecule has 1 saturated carbocycles. The van der Waals surface area contributed by atoms with Crippen molar-refractivity contribution in [3.05, 3.63) is 47.8 Å². The van der Waals surface area contributed by atoms with Crippen LogP contribution in [0.4, 0.5) is 24.8 Å². The first kappa shape index (κ1) is 19.1. The van der Waals surface area contributed by atoms with E-state index in [2.05, 4.69) is 20.6 Å². The molecule has 1 aliphatic carbocycles. The SMILES string of the molecule is O=C(Nc1ccccc1C(F)(F)F)c1ccnc(NC2CCCCCC2)n1. The standard InChI is InChI=1S/C19H21F3N4O/c20-19(21,22)14-9-5-6-10-15(14)25-17(27)16-11-12-23-18(26-16)24-13-7-3-1-2-4-8-13/h5-6,9-13H,1-4,7-8H2,(H,25,27)(H,23,24,26). The normalized spacial score (nSPS) is 15.8. The summed E-state index contributed by atoms with van der Waals surface area (Å²) >= 11 is 0. The third-order valence-electron chi connectivity index (χ3n) is 4.56. The van der Waals surface area contributed by atoms with Gasteiger partial charge in [-0.1, -0.05) is 37.8 Å². The fourth-order valence-corrected chi connectivity index (χ4v) is 3.19. The molecule has 1 fully saturated rings. The smallest absolute Gasteiger partial charge is 0.351 e. The third-order valence-corrected chi connectivity index (χ3v) is 4.56. The number of halogens is 3. The van der Waals surface area contributed by atoms with E-state index in [1.54, 1.807) is 0 Å². The number of hydrogen-bond donors (Lipinski definition) is 2. The van der Waals surface area contributed by atoms with E-state index in [-0.39, 0.29) is 17.4 Å². The molecule has 0 bridgehead atoms. The van der Waals surface area contributed by atoms with Gasteiger partial charge in [0.05, 0.1) is 11.3 Å². The molecule has 0 aliphatic heterocycles. The number of nitrogens with zero attached hydrogens (tertiary/aromatic N) is 2. The van der Waals surface area contributed by atoms with E-state index in [9.17, 15) is 18.0 Å². The first-order valence-corrected chi connectivity index (χ1v) is 9.00. The summed E-state index contributed by atoms with van der Waals surface area (Å²) < 4.78 is 39.2. The number of benzene rings is 1. The highest BCUT2D eigenvalue weighted by atomic mass is 19.4. The number of hydrogen-bond acceptors (Lipinski definition) is 4. The third kappa shape index (κ3) is 5.18. The molecule has 27 heavy (non-hydrogen) atoms. The molecule has 8 heteroatoms. The lowest BCUT2D eigenvalue weighted by molar-refractivity contribution is -0.136. The Morgan fingerprint density at radius 1 is 1.04 bits per heavy atom. The van der Waals surface area contributed by atoms with Crippen LogP contribution in [0.5, 0.6) is 0 Å². The molecule has 1 heterocycles. The van der Waals surface area contributed by atoms with Crippen molar-refractivity contribution in [3.63, 3.8) is 0 Å². The maximum Gasteiger partial charge on any atom is 0.418 e. The number of carbonyl (C=O) groups is 1. The molecule has 1 amide bonds. The molecule has 3 rings (SSSR count). The van der Waals surface area contributed by atoms with Crippen LogP contribution in [0.2, 0.25) is 0 Å². The summed E-state index contributed by atoms with van der Waals surface area (Å²) in [5.74, 6) is -0.392. The van der Waals surface area contributed by atoms with Crippen LogP contribution in [0.25, 0.3) is 0 Å². The molecule has 0 unspecified atom stereocenters. The Morgan fingerprint density at radius 3 is 2.44 bits per heavy atom. The number of carbonyl (C=O) groups excluding carboxylic acids is 1. The van der Waals surface area contributed by atoms with Crippen molar-refractivity contribution >= 4 is 17.5 Å². The van der Waals surface area contributed by atoms with E-state index in [0.29, 0.717) is 5.95 Å². The van der Waals surface area contributed by atoms with E-state index in [4.69, 9.17) is 0 Å². The average molecular weight is 378 g/mol. The van der Waals surface area contributed by atoms with Crippen molar-refractivity contribution in [1.82, 2.24) is 9.97 Å². The molecule has 0 atom stereocenters. The summed E-state index contributed by atoms with van der Waals surface area (Å²) in [6.07, 6.45) is 3.58. The van der Waals surface area contributed by atoms with E-state index in [0.717, 1.165) is 31.7 Å². The minimum atomic E-state index is -4.55. The van der Waals surface area contributed by atoms with Crippen molar-refractivity contribution in [2.24, 2.45) is 0 Å². The Bertz CT molecular complexity index is 787. The molecule has 2 N–H and O–H groups in total. The second-order valence-corrected chi connectivity index (χ2v) is 6.60. The van der Waals surface area contributed by atoms with Crippen LogP contribution in [-0.4, -0.2) is 21.9 Å². The van der Waals surface area contributed by atoms with Crippen LogP contribution >= 0.6 is 0 Å². The van der Waals surface area contributed by atoms with Crippen LogP contribution in [0.1, 0.15) is 54.6 Å². The number of alkyl halides is 3. The van der Waals surface area contributed by atoms with E-state index < -0.39 is 17.6 Å². The van der Waals surface area contributed by atoms with Gasteiger partial charge in [0.2, 0.25) is 5.95 Å². The number of rotatable bonds is 4. The van der Waals surface area contributed by atoms with Gasteiger partial charge in [-0.15, -0.1) is 0 Å². The van der Waals surface area contributed by atoms with E-state index in [1.165, 1.54) is 43.3 Å². The van der Waals surface area contributed by atoms with Gasteiger partial charge >= 0.3 is 6.18 Å². The summed E-state index contributed by atoms with van der Waals surface area (Å²) in [6, 6.07) is 6.48. The molecule has 2 aromatic rings. The van der Waals surface area contributed by atoms with Gasteiger partial charge in [0.15, 0.2) is 0 Å². The summed E-state index contributed by atoms with van der Waals surface area (Å²) in [5, 5.41) is 5.53. The van der Waals surface area contributed by atoms with Gasteiger partial charge in [-0.05, 0) is 31.0 Å². The lowest BCUT2D eigenvalue weighted by atomic mass is 10.1. The highest BCUT2D eigenvalue weighted by Gasteiger charge is 2.33. The van der Waals surface area contributed by atoms with Crippen molar-refractivity contribution in [2.45, 2.75) is 50.7 Å². The number of para-hydroxylation sites is 1. The Hall–Kier alpha value is -2.64. The molecule has 0 radical (unpaired) electrons. The van der Waals surface area contributed by atoms with Gasteiger partial charge in [0, 0.05) is 12.2 Å². The van der Waals surface area contributed by atoms with E-state index >= 15 is 0 Å². The zero-order valence-electron chi connectivity index (χ0n) is 14.7. The Balaban J connectivity index is 1.72. The topological polar surface area (TPSA) is 66.9 Å². The quantitative estimate of drug-likeness (QED) is 0.744. The molecule has 0 spiro atoms. The van der Waals surface area contributed by atoms with Crippen molar-refractivity contribution in [2.75, 3.05) is 10.6 Å². The maximum absolute atomic E-state index is 13.1. The Morgan fingerprint density at radius 2 is 1.74 bits per heavy atom. The molecule has 1 aliphatic rings. The zero-order chi connectivity index (χ0) is 19.3. The number of aromatic nitrogens is 2. The molecule has 0 saturated heterocycles. The lowest BCUT2D eigenvalue weighted by Gasteiger charge is -2.16. The van der Waals surface area contributed by atoms with Crippen molar-refractivity contribution in [1.29, 1.82) is 0 Å². The molecule has 1 aromatic carbocycles. The number of nitrogens with one attached hydrogen (secondary N) is 2. The second-order valence-electron chi connectivity index (χ2n) is 6.60. The van der Waals surface area contributed by atoms with Crippen LogP contribution in [-0.2, 0) is 6.18 Å². The largest absolute Gasteiger partial charge is 0.418 e. The Kier molecular flexibility index (Phi) is 5.93. The van der Waals surface area contributed by atoms with Gasteiger partial charge < -0.3 is 10.6 Å². The summed E-state index contributed by atoms with van der Waals surface area (Å²) in [5.41, 5.74) is -1.19. The van der Waals surface area contributed by atoms with Crippen molar-refractivity contribution in [3.8, 4) is 0 Å². The van der Waals surface area contributed by atoms with Gasteiger partial charge in [-0.2, -0.15) is 13.2 Å². The van der Waals surface area contributed by atoms with E-state index in [1.807, 2.05) is 0 Å². The fourth-order valence-electron chi connectivity index (χ4n) is 3.19. The highest BCUT2D eigenvalue weighted by Crippen LogP contribution is 2.34. The van der Waals surface area contributed by atoms with Gasteiger partial charge in [-0.25, -0.2) is 9.97 Å². The highest BCUT2D eigenvalue weighted by molar-refractivity contribution is 6.03. The lowest BCUT2D eigenvalue weighted by Crippen LogP contribution is -2.22. The Labute approximate surface area is 155 Å². The zero-order valence-corrected chi connectivity index (χ0v) is 14.7. The second kappa shape index (κ2) is 8.37. The fraction of sp³-hybridized carbons (Fsp3) is 0.421. The van der Waals surface area contributed by atoms with Gasteiger partial charge in [0.1, 0.15) is 5.69 Å². The molecular formula is C19H21F3N4O. The average Bonchev–Trinajstić information content (AvgIpc) is 2.90. The molecule has 144 valence electrons. The minimum Gasteiger partial charge on any atom is -0.351 e. The molecular weight excluding hydrogens is 357 g/mol. The predicted octanol–water partition coefficient (Wildman–Crippen LogP) is 4.88. The van der Waals surface area contributed by atoms with Gasteiger partial charge in [-0.3, -0.25) is 4.79 Å². The van der Waals surface area contributed by atoms with Gasteiger partial charge in [0.25, 0.3) is 5.91 Å². The predicted molar refractivity (Wildman–Crippen MR) is 96.5 cm³/mol. The van der Waals surface area contributed by atoms with Crippen LogP contribution in [0.15, 0.2) is 36.5 Å². The van der Waals surface area contributed by atoms with Crippen LogP contribution < -0.4 is 10.6 Å². The first-order chi connectivity index (χ1) is 12.9. The summed E-state index contributed by atoms with van der Waals surface area (Å²) in [4.78, 5) is 20.7. The van der Waals surface area contributed by atoms with Crippen LogP contribution in [0.3, 0.4) is 0 Å². The first-order valence-electron chi connectivity index (χ1n) is 9.00. The minimum absolute atomic E-state index is 0.0121. The number of amides is 1. The number of anilines is 2. The summed E-state index contributed by atoms with van der Waals surface area (Å²) in [6.45, 7) is 0. The molecule has 5 nitrogen and oxygen atoms in total. The monoisotopic (exact) mass is 378 g/mol.